The summed E-state index contributed by atoms with van der Waals surface area (Å²) >= 11 is 0. The first-order valence-corrected chi connectivity index (χ1v) is 7.75. The summed E-state index contributed by atoms with van der Waals surface area (Å²) in [5.41, 5.74) is 12.1. The summed E-state index contributed by atoms with van der Waals surface area (Å²) in [5.74, 6) is 0.297. The number of carbonyl (C=O) groups excluding carboxylic acids is 1. The maximum Gasteiger partial charge on any atom is 0.274 e. The fraction of sp³-hybridized carbons (Fsp3) is 0.667. The lowest BCUT2D eigenvalue weighted by Crippen LogP contribution is -2.58. The average Bonchev–Trinajstić information content (AvgIpc) is 2.47. The molecule has 1 unspecified atom stereocenters. The second-order valence-corrected chi connectivity index (χ2v) is 6.26. The van der Waals surface area contributed by atoms with Crippen LogP contribution in [0.5, 0.6) is 0 Å². The number of nitrogens with two attached hydrogens (primary N) is 2. The molecule has 1 atom stereocenters. The Labute approximate surface area is 124 Å². The third-order valence-corrected chi connectivity index (χ3v) is 5.12. The minimum atomic E-state index is -0.0353. The Hall–Kier alpha value is -1.69. The van der Waals surface area contributed by atoms with Crippen LogP contribution < -0.4 is 11.5 Å². The quantitative estimate of drug-likeness (QED) is 0.870. The molecule has 1 aliphatic heterocycles. The van der Waals surface area contributed by atoms with Crippen molar-refractivity contribution in [3.63, 3.8) is 0 Å². The van der Waals surface area contributed by atoms with E-state index in [1.165, 1.54) is 25.2 Å². The van der Waals surface area contributed by atoms with Gasteiger partial charge in [-0.2, -0.15) is 0 Å². The normalized spacial score (nSPS) is 24.4. The Morgan fingerprint density at radius 1 is 1.29 bits per heavy atom. The van der Waals surface area contributed by atoms with Crippen molar-refractivity contribution >= 4 is 11.7 Å². The number of anilines is 1. The van der Waals surface area contributed by atoms with Crippen molar-refractivity contribution < 1.29 is 4.79 Å². The topological polar surface area (TPSA) is 98.1 Å². The molecule has 3 rings (SSSR count). The molecule has 0 aromatic carbocycles. The van der Waals surface area contributed by atoms with Crippen molar-refractivity contribution in [3.8, 4) is 0 Å². The third-order valence-electron chi connectivity index (χ3n) is 5.12. The molecule has 1 aromatic heterocycles. The molecule has 6 nitrogen and oxygen atoms in total. The number of piperidine rings is 1. The van der Waals surface area contributed by atoms with Gasteiger partial charge in [0.05, 0.1) is 12.4 Å². The number of rotatable bonds is 3. The van der Waals surface area contributed by atoms with Crippen LogP contribution in [0.3, 0.4) is 0 Å². The molecule has 2 fully saturated rings. The van der Waals surface area contributed by atoms with Gasteiger partial charge in [0.1, 0.15) is 11.5 Å². The van der Waals surface area contributed by atoms with Crippen LogP contribution in [0.15, 0.2) is 12.4 Å². The monoisotopic (exact) mass is 289 g/mol. The molecular weight excluding hydrogens is 266 g/mol. The van der Waals surface area contributed by atoms with E-state index in [1.807, 2.05) is 4.90 Å². The SMILES string of the molecule is NCC1(C2CCCCN2C(=O)c2cnc(N)cn2)CCC1. The van der Waals surface area contributed by atoms with Gasteiger partial charge in [-0.1, -0.05) is 6.42 Å². The molecule has 1 saturated carbocycles. The van der Waals surface area contributed by atoms with Crippen LogP contribution in [0.25, 0.3) is 0 Å². The van der Waals surface area contributed by atoms with Crippen molar-refractivity contribution in [2.75, 3.05) is 18.8 Å². The highest BCUT2D eigenvalue weighted by molar-refractivity contribution is 5.92. The third kappa shape index (κ3) is 2.48. The van der Waals surface area contributed by atoms with E-state index in [0.717, 1.165) is 32.2 Å². The second-order valence-electron chi connectivity index (χ2n) is 6.26. The van der Waals surface area contributed by atoms with E-state index in [9.17, 15) is 4.79 Å². The van der Waals surface area contributed by atoms with Crippen LogP contribution in [0, 0.1) is 5.41 Å². The predicted molar refractivity (Wildman–Crippen MR) is 80.5 cm³/mol. The van der Waals surface area contributed by atoms with Gasteiger partial charge in [0, 0.05) is 18.0 Å². The summed E-state index contributed by atoms with van der Waals surface area (Å²) in [6.45, 7) is 1.45. The number of nitrogens with zero attached hydrogens (tertiary/aromatic N) is 3. The lowest BCUT2D eigenvalue weighted by Gasteiger charge is -2.53. The largest absolute Gasteiger partial charge is 0.382 e. The van der Waals surface area contributed by atoms with Crippen LogP contribution in [0.1, 0.15) is 49.0 Å². The molecule has 4 N–H and O–H groups in total. The van der Waals surface area contributed by atoms with Crippen LogP contribution >= 0.6 is 0 Å². The summed E-state index contributed by atoms with van der Waals surface area (Å²) in [6, 6.07) is 0.247. The standard InChI is InChI=1S/C15H23N5O/c16-10-15(5-3-6-15)12-4-1-2-7-20(12)14(21)11-8-19-13(17)9-18-11/h8-9,12H,1-7,10,16H2,(H2,17,19). The Bertz CT molecular complexity index is 506. The van der Waals surface area contributed by atoms with Gasteiger partial charge < -0.3 is 16.4 Å². The molecular formula is C15H23N5O. The molecule has 0 radical (unpaired) electrons. The first kappa shape index (κ1) is 14.3. The zero-order chi connectivity index (χ0) is 14.9. The maximum absolute atomic E-state index is 12.8. The maximum atomic E-state index is 12.8. The summed E-state index contributed by atoms with van der Waals surface area (Å²) < 4.78 is 0. The van der Waals surface area contributed by atoms with E-state index < -0.39 is 0 Å². The number of aromatic nitrogens is 2. The molecule has 2 aliphatic rings. The molecule has 6 heteroatoms. The van der Waals surface area contributed by atoms with E-state index in [4.69, 9.17) is 11.5 Å². The molecule has 0 spiro atoms. The lowest BCUT2D eigenvalue weighted by atomic mass is 9.62. The Morgan fingerprint density at radius 3 is 2.67 bits per heavy atom. The van der Waals surface area contributed by atoms with Crippen molar-refractivity contribution in [1.29, 1.82) is 0 Å². The van der Waals surface area contributed by atoms with Gasteiger partial charge in [0.25, 0.3) is 5.91 Å². The first-order chi connectivity index (χ1) is 10.2. The predicted octanol–water partition coefficient (Wildman–Crippen LogP) is 1.18. The van der Waals surface area contributed by atoms with Crippen LogP contribution in [0.2, 0.25) is 0 Å². The smallest absolute Gasteiger partial charge is 0.274 e. The molecule has 2 heterocycles. The number of nitrogen functional groups attached to an aromatic ring is 1. The first-order valence-electron chi connectivity index (χ1n) is 7.75. The van der Waals surface area contributed by atoms with E-state index in [1.54, 1.807) is 0 Å². The van der Waals surface area contributed by atoms with E-state index >= 15 is 0 Å². The fourth-order valence-corrected chi connectivity index (χ4v) is 3.71. The fourth-order valence-electron chi connectivity index (χ4n) is 3.71. The molecule has 114 valence electrons. The Morgan fingerprint density at radius 2 is 2.10 bits per heavy atom. The summed E-state index contributed by atoms with van der Waals surface area (Å²) in [4.78, 5) is 22.9. The highest BCUT2D eigenvalue weighted by atomic mass is 16.2. The van der Waals surface area contributed by atoms with E-state index in [0.29, 0.717) is 18.1 Å². The molecule has 1 amide bonds. The Balaban J connectivity index is 1.83. The van der Waals surface area contributed by atoms with E-state index in [2.05, 4.69) is 9.97 Å². The van der Waals surface area contributed by atoms with Crippen molar-refractivity contribution in [2.45, 2.75) is 44.6 Å². The lowest BCUT2D eigenvalue weighted by molar-refractivity contribution is -0.00908. The van der Waals surface area contributed by atoms with Gasteiger partial charge in [-0.3, -0.25) is 4.79 Å². The number of likely N-dealkylation sites (tertiary alicyclic amines) is 1. The summed E-state index contributed by atoms with van der Waals surface area (Å²) in [6.07, 6.45) is 9.65. The molecule has 0 bridgehead atoms. The summed E-state index contributed by atoms with van der Waals surface area (Å²) in [7, 11) is 0. The molecule has 1 aromatic rings. The highest BCUT2D eigenvalue weighted by Crippen LogP contribution is 2.47. The summed E-state index contributed by atoms with van der Waals surface area (Å²) in [5, 5.41) is 0. The Kier molecular flexibility index (Phi) is 3.80. The highest BCUT2D eigenvalue weighted by Gasteiger charge is 2.47. The molecule has 1 aliphatic carbocycles. The average molecular weight is 289 g/mol. The minimum Gasteiger partial charge on any atom is -0.382 e. The number of amides is 1. The van der Waals surface area contributed by atoms with Gasteiger partial charge in [-0.05, 0) is 38.6 Å². The van der Waals surface area contributed by atoms with Gasteiger partial charge in [-0.25, -0.2) is 9.97 Å². The van der Waals surface area contributed by atoms with Crippen LogP contribution in [-0.2, 0) is 0 Å². The van der Waals surface area contributed by atoms with Crippen molar-refractivity contribution in [3.05, 3.63) is 18.1 Å². The van der Waals surface area contributed by atoms with Crippen LogP contribution in [-0.4, -0.2) is 39.9 Å². The minimum absolute atomic E-state index is 0.0353. The zero-order valence-electron chi connectivity index (χ0n) is 12.3. The van der Waals surface area contributed by atoms with E-state index in [-0.39, 0.29) is 17.4 Å². The van der Waals surface area contributed by atoms with Gasteiger partial charge in [0.2, 0.25) is 0 Å². The number of hydrogen-bond acceptors (Lipinski definition) is 5. The van der Waals surface area contributed by atoms with Gasteiger partial charge in [0.15, 0.2) is 0 Å². The van der Waals surface area contributed by atoms with Crippen LogP contribution in [0.4, 0.5) is 5.82 Å². The van der Waals surface area contributed by atoms with Crippen molar-refractivity contribution in [2.24, 2.45) is 11.1 Å². The van der Waals surface area contributed by atoms with Crippen molar-refractivity contribution in [1.82, 2.24) is 14.9 Å². The number of hydrogen-bond donors (Lipinski definition) is 2. The number of carbonyl (C=O) groups is 1. The zero-order valence-corrected chi connectivity index (χ0v) is 12.3. The van der Waals surface area contributed by atoms with Gasteiger partial charge in [-0.15, -0.1) is 0 Å². The van der Waals surface area contributed by atoms with Gasteiger partial charge >= 0.3 is 0 Å². The molecule has 1 saturated heterocycles. The second kappa shape index (κ2) is 5.60. The molecule has 21 heavy (non-hydrogen) atoms.